The van der Waals surface area contributed by atoms with E-state index in [0.717, 1.165) is 17.5 Å². The zero-order chi connectivity index (χ0) is 16.0. The third kappa shape index (κ3) is 4.77. The van der Waals surface area contributed by atoms with Crippen molar-refractivity contribution in [1.29, 1.82) is 0 Å². The van der Waals surface area contributed by atoms with E-state index in [1.807, 2.05) is 45.9 Å². The number of amides is 2. The van der Waals surface area contributed by atoms with Gasteiger partial charge in [0.15, 0.2) is 0 Å². The summed E-state index contributed by atoms with van der Waals surface area (Å²) in [5.41, 5.74) is 2.95. The van der Waals surface area contributed by atoms with Gasteiger partial charge in [0, 0.05) is 5.69 Å². The fraction of sp³-hybridized carbons (Fsp3) is 0.500. The van der Waals surface area contributed by atoms with Crippen LogP contribution in [0, 0.1) is 19.8 Å². The Morgan fingerprint density at radius 2 is 1.90 bits per heavy atom. The van der Waals surface area contributed by atoms with Gasteiger partial charge in [-0.05, 0) is 43.0 Å². The summed E-state index contributed by atoms with van der Waals surface area (Å²) >= 11 is 0. The Bertz CT molecular complexity index is 514. The van der Waals surface area contributed by atoms with Crippen LogP contribution in [-0.4, -0.2) is 25.2 Å². The van der Waals surface area contributed by atoms with Crippen LogP contribution < -0.4 is 10.6 Å². The van der Waals surface area contributed by atoms with Crippen molar-refractivity contribution in [3.8, 4) is 0 Å². The highest BCUT2D eigenvalue weighted by atomic mass is 16.5. The van der Waals surface area contributed by atoms with Crippen LogP contribution in [0.5, 0.6) is 0 Å². The summed E-state index contributed by atoms with van der Waals surface area (Å²) in [5, 5.41) is 5.42. The standard InChI is InChI=1S/C16H24N2O3/c1-6-10(2)14(15(19)21-5)18-16(20)17-13-8-7-11(3)12(4)9-13/h7-10,14H,6H2,1-5H3,(H2,17,18,20)/t10?,14-/m0/s1. The van der Waals surface area contributed by atoms with Crippen LogP contribution in [0.25, 0.3) is 0 Å². The Morgan fingerprint density at radius 3 is 2.43 bits per heavy atom. The first-order valence-corrected chi connectivity index (χ1v) is 7.11. The summed E-state index contributed by atoms with van der Waals surface area (Å²) < 4.78 is 4.74. The van der Waals surface area contributed by atoms with Gasteiger partial charge in [-0.3, -0.25) is 0 Å². The number of benzene rings is 1. The molecule has 5 heteroatoms. The van der Waals surface area contributed by atoms with Crippen molar-refractivity contribution < 1.29 is 14.3 Å². The van der Waals surface area contributed by atoms with Crippen LogP contribution in [0.1, 0.15) is 31.4 Å². The highest BCUT2D eigenvalue weighted by molar-refractivity contribution is 5.92. The van der Waals surface area contributed by atoms with E-state index in [1.165, 1.54) is 7.11 Å². The minimum Gasteiger partial charge on any atom is -0.467 e. The molecule has 0 saturated heterocycles. The Kier molecular flexibility index (Phi) is 6.21. The van der Waals surface area contributed by atoms with Gasteiger partial charge in [0.05, 0.1) is 7.11 Å². The molecule has 2 N–H and O–H groups in total. The third-order valence-electron chi connectivity index (χ3n) is 3.72. The number of urea groups is 1. The van der Waals surface area contributed by atoms with E-state index in [-0.39, 0.29) is 5.92 Å². The number of aryl methyl sites for hydroxylation is 2. The first kappa shape index (κ1) is 17.0. The zero-order valence-corrected chi connectivity index (χ0v) is 13.3. The minimum atomic E-state index is -0.647. The lowest BCUT2D eigenvalue weighted by Gasteiger charge is -2.22. The molecule has 0 saturated carbocycles. The van der Waals surface area contributed by atoms with Gasteiger partial charge < -0.3 is 15.4 Å². The second-order valence-electron chi connectivity index (χ2n) is 5.28. The Hall–Kier alpha value is -2.04. The summed E-state index contributed by atoms with van der Waals surface area (Å²) in [4.78, 5) is 23.8. The number of esters is 1. The number of ether oxygens (including phenoxy) is 1. The molecule has 0 heterocycles. The average molecular weight is 292 g/mol. The predicted octanol–water partition coefficient (Wildman–Crippen LogP) is 3.01. The molecule has 2 atom stereocenters. The average Bonchev–Trinajstić information content (AvgIpc) is 2.47. The van der Waals surface area contributed by atoms with E-state index < -0.39 is 18.0 Å². The SMILES string of the molecule is CCC(C)[C@H](NC(=O)Nc1ccc(C)c(C)c1)C(=O)OC. The van der Waals surface area contributed by atoms with Gasteiger partial charge in [-0.2, -0.15) is 0 Å². The zero-order valence-electron chi connectivity index (χ0n) is 13.3. The molecule has 2 amide bonds. The Balaban J connectivity index is 2.73. The fourth-order valence-electron chi connectivity index (χ4n) is 1.92. The predicted molar refractivity (Wildman–Crippen MR) is 83.3 cm³/mol. The van der Waals surface area contributed by atoms with E-state index >= 15 is 0 Å². The van der Waals surface area contributed by atoms with Crippen molar-refractivity contribution in [2.45, 2.75) is 40.2 Å². The van der Waals surface area contributed by atoms with Gasteiger partial charge in [0.2, 0.25) is 0 Å². The topological polar surface area (TPSA) is 67.4 Å². The van der Waals surface area contributed by atoms with Gasteiger partial charge >= 0.3 is 12.0 Å². The lowest BCUT2D eigenvalue weighted by molar-refractivity contribution is -0.144. The lowest BCUT2D eigenvalue weighted by Crippen LogP contribution is -2.47. The summed E-state index contributed by atoms with van der Waals surface area (Å²) in [6.07, 6.45) is 0.768. The molecule has 1 unspecified atom stereocenters. The van der Waals surface area contributed by atoms with Crippen LogP contribution in [-0.2, 0) is 9.53 Å². The van der Waals surface area contributed by atoms with Crippen LogP contribution in [0.15, 0.2) is 18.2 Å². The molecule has 116 valence electrons. The molecule has 0 radical (unpaired) electrons. The van der Waals surface area contributed by atoms with Gasteiger partial charge in [-0.1, -0.05) is 26.3 Å². The van der Waals surface area contributed by atoms with Gasteiger partial charge in [0.25, 0.3) is 0 Å². The monoisotopic (exact) mass is 292 g/mol. The van der Waals surface area contributed by atoms with Crippen molar-refractivity contribution in [1.82, 2.24) is 5.32 Å². The maximum Gasteiger partial charge on any atom is 0.328 e. The molecule has 0 aliphatic carbocycles. The maximum atomic E-state index is 12.0. The summed E-state index contributed by atoms with van der Waals surface area (Å²) in [7, 11) is 1.32. The van der Waals surface area contributed by atoms with Gasteiger partial charge in [-0.15, -0.1) is 0 Å². The van der Waals surface area contributed by atoms with Crippen molar-refractivity contribution in [2.75, 3.05) is 12.4 Å². The maximum absolute atomic E-state index is 12.0. The first-order chi connectivity index (χ1) is 9.88. The number of nitrogens with one attached hydrogen (secondary N) is 2. The minimum absolute atomic E-state index is 0.00274. The highest BCUT2D eigenvalue weighted by Crippen LogP contribution is 2.14. The van der Waals surface area contributed by atoms with E-state index in [0.29, 0.717) is 5.69 Å². The molecule has 0 aromatic heterocycles. The number of anilines is 1. The molecule has 0 bridgehead atoms. The second-order valence-corrected chi connectivity index (χ2v) is 5.28. The lowest BCUT2D eigenvalue weighted by atomic mass is 9.99. The molecule has 1 rings (SSSR count). The van der Waals surface area contributed by atoms with Crippen molar-refractivity contribution in [3.63, 3.8) is 0 Å². The smallest absolute Gasteiger partial charge is 0.328 e. The molecule has 21 heavy (non-hydrogen) atoms. The van der Waals surface area contributed by atoms with E-state index in [4.69, 9.17) is 4.74 Å². The van der Waals surface area contributed by atoms with Crippen LogP contribution in [0.3, 0.4) is 0 Å². The molecule has 1 aromatic carbocycles. The number of rotatable bonds is 5. The Morgan fingerprint density at radius 1 is 1.24 bits per heavy atom. The Labute approximate surface area is 126 Å². The fourth-order valence-corrected chi connectivity index (χ4v) is 1.92. The third-order valence-corrected chi connectivity index (χ3v) is 3.72. The van der Waals surface area contributed by atoms with Crippen molar-refractivity contribution in [3.05, 3.63) is 29.3 Å². The molecular formula is C16H24N2O3. The summed E-state index contributed by atoms with van der Waals surface area (Å²) in [5.74, 6) is -0.428. The van der Waals surface area contributed by atoms with Crippen LogP contribution in [0.2, 0.25) is 0 Å². The van der Waals surface area contributed by atoms with Crippen LogP contribution >= 0.6 is 0 Å². The number of carbonyl (C=O) groups excluding carboxylic acids is 2. The molecule has 0 aliphatic rings. The largest absolute Gasteiger partial charge is 0.467 e. The number of hydrogen-bond acceptors (Lipinski definition) is 3. The highest BCUT2D eigenvalue weighted by Gasteiger charge is 2.26. The quantitative estimate of drug-likeness (QED) is 0.820. The van der Waals surface area contributed by atoms with Gasteiger partial charge in [0.1, 0.15) is 6.04 Å². The number of carbonyl (C=O) groups is 2. The second kappa shape index (κ2) is 7.67. The molecular weight excluding hydrogens is 268 g/mol. The molecule has 0 spiro atoms. The number of hydrogen-bond donors (Lipinski definition) is 2. The molecule has 5 nitrogen and oxygen atoms in total. The molecule has 0 fully saturated rings. The normalized spacial score (nSPS) is 13.2. The van der Waals surface area contributed by atoms with E-state index in [2.05, 4.69) is 10.6 Å². The van der Waals surface area contributed by atoms with E-state index in [1.54, 1.807) is 0 Å². The molecule has 0 aliphatic heterocycles. The van der Waals surface area contributed by atoms with Crippen molar-refractivity contribution in [2.24, 2.45) is 5.92 Å². The summed E-state index contributed by atoms with van der Waals surface area (Å²) in [6, 6.07) is 4.61. The first-order valence-electron chi connectivity index (χ1n) is 7.11. The van der Waals surface area contributed by atoms with Crippen LogP contribution in [0.4, 0.5) is 10.5 Å². The number of methoxy groups -OCH3 is 1. The van der Waals surface area contributed by atoms with Crippen molar-refractivity contribution >= 4 is 17.7 Å². The molecule has 1 aromatic rings. The summed E-state index contributed by atoms with van der Waals surface area (Å²) in [6.45, 7) is 7.85. The van der Waals surface area contributed by atoms with E-state index in [9.17, 15) is 9.59 Å². The van der Waals surface area contributed by atoms with Gasteiger partial charge in [-0.25, -0.2) is 9.59 Å².